The number of rotatable bonds is 2. The van der Waals surface area contributed by atoms with Gasteiger partial charge in [-0.15, -0.1) is 0 Å². The van der Waals surface area contributed by atoms with E-state index in [1.54, 1.807) is 0 Å². The Hall–Kier alpha value is -1.91. The van der Waals surface area contributed by atoms with Gasteiger partial charge in [0.05, 0.1) is 17.1 Å². The summed E-state index contributed by atoms with van der Waals surface area (Å²) in [5, 5.41) is 0. The molecule has 0 fully saturated rings. The molecule has 3 rings (SSSR count). The maximum Gasteiger partial charge on any atom is 0.220 e. The lowest BCUT2D eigenvalue weighted by Gasteiger charge is -2.08. The fourth-order valence-electron chi connectivity index (χ4n) is 2.49. The largest absolute Gasteiger partial charge is 0.368 e. The Morgan fingerprint density at radius 2 is 1.81 bits per heavy atom. The Balaban J connectivity index is 0.000000510. The molecule has 0 saturated carbocycles. The van der Waals surface area contributed by atoms with Crippen molar-refractivity contribution in [2.45, 2.75) is 60.9 Å². The van der Waals surface area contributed by atoms with Crippen molar-refractivity contribution in [1.82, 2.24) is 19.5 Å². The molecule has 0 aliphatic heterocycles. The van der Waals surface area contributed by atoms with Crippen LogP contribution in [0.25, 0.3) is 11.4 Å². The van der Waals surface area contributed by atoms with Crippen LogP contribution in [0.2, 0.25) is 0 Å². The van der Waals surface area contributed by atoms with Crippen LogP contribution in [0.3, 0.4) is 0 Å². The SMILES string of the molecule is CC.CC.CCc1nc2c(n1CC)-c1nc(N)ncc1C2. The number of imidazole rings is 1. The van der Waals surface area contributed by atoms with Crippen molar-refractivity contribution in [1.29, 1.82) is 0 Å². The first-order chi connectivity index (χ1) is 10.2. The number of fused-ring (bicyclic) bond motifs is 3. The zero-order valence-corrected chi connectivity index (χ0v) is 14.1. The zero-order chi connectivity index (χ0) is 16.0. The predicted octanol–water partition coefficient (Wildman–Crippen LogP) is 3.46. The first-order valence-electron chi connectivity index (χ1n) is 7.94. The van der Waals surface area contributed by atoms with E-state index in [1.807, 2.05) is 33.9 Å². The van der Waals surface area contributed by atoms with Crippen molar-refractivity contribution in [3.8, 4) is 11.4 Å². The maximum atomic E-state index is 5.67. The molecule has 5 heteroatoms. The fourth-order valence-corrected chi connectivity index (χ4v) is 2.49. The third-order valence-electron chi connectivity index (χ3n) is 3.22. The summed E-state index contributed by atoms with van der Waals surface area (Å²) in [6, 6.07) is 0. The van der Waals surface area contributed by atoms with Gasteiger partial charge in [0.25, 0.3) is 0 Å². The van der Waals surface area contributed by atoms with E-state index in [2.05, 4.69) is 33.4 Å². The Labute approximate surface area is 127 Å². The lowest BCUT2D eigenvalue weighted by atomic mass is 10.2. The molecule has 116 valence electrons. The number of hydrogen-bond donors (Lipinski definition) is 1. The number of hydrogen-bond acceptors (Lipinski definition) is 4. The smallest absolute Gasteiger partial charge is 0.220 e. The molecule has 2 heterocycles. The van der Waals surface area contributed by atoms with Crippen LogP contribution in [0.5, 0.6) is 0 Å². The first kappa shape index (κ1) is 17.1. The van der Waals surface area contributed by atoms with E-state index in [0.717, 1.165) is 47.9 Å². The Kier molecular flexibility index (Phi) is 6.34. The summed E-state index contributed by atoms with van der Waals surface area (Å²) in [7, 11) is 0. The molecule has 21 heavy (non-hydrogen) atoms. The number of aromatic nitrogens is 4. The lowest BCUT2D eigenvalue weighted by Crippen LogP contribution is -2.05. The van der Waals surface area contributed by atoms with Crippen molar-refractivity contribution in [3.05, 3.63) is 23.3 Å². The summed E-state index contributed by atoms with van der Waals surface area (Å²) in [4.78, 5) is 13.1. The summed E-state index contributed by atoms with van der Waals surface area (Å²) in [6.07, 6.45) is 3.58. The first-order valence-corrected chi connectivity index (χ1v) is 7.94. The van der Waals surface area contributed by atoms with E-state index in [1.165, 1.54) is 0 Å². The van der Waals surface area contributed by atoms with E-state index in [4.69, 9.17) is 5.73 Å². The van der Waals surface area contributed by atoms with Crippen LogP contribution in [0.4, 0.5) is 5.95 Å². The minimum Gasteiger partial charge on any atom is -0.368 e. The van der Waals surface area contributed by atoms with Gasteiger partial charge in [0.1, 0.15) is 5.82 Å². The van der Waals surface area contributed by atoms with Crippen LogP contribution < -0.4 is 5.73 Å². The quantitative estimate of drug-likeness (QED) is 0.784. The third-order valence-corrected chi connectivity index (χ3v) is 3.22. The highest BCUT2D eigenvalue weighted by Gasteiger charge is 2.27. The molecule has 5 nitrogen and oxygen atoms in total. The van der Waals surface area contributed by atoms with Gasteiger partial charge in [-0.1, -0.05) is 34.6 Å². The number of nitrogen functional groups attached to an aromatic ring is 1. The normalized spacial score (nSPS) is 10.8. The van der Waals surface area contributed by atoms with E-state index in [0.29, 0.717) is 5.95 Å². The minimum absolute atomic E-state index is 0.332. The topological polar surface area (TPSA) is 69.6 Å². The molecule has 0 amide bonds. The van der Waals surface area contributed by atoms with Crippen molar-refractivity contribution in [2.75, 3.05) is 5.73 Å². The third kappa shape index (κ3) is 3.06. The molecule has 0 aromatic carbocycles. The Morgan fingerprint density at radius 1 is 1.14 bits per heavy atom. The van der Waals surface area contributed by atoms with Gasteiger partial charge in [0.15, 0.2) is 0 Å². The van der Waals surface area contributed by atoms with Crippen LogP contribution in [-0.4, -0.2) is 19.5 Å². The van der Waals surface area contributed by atoms with Crippen molar-refractivity contribution >= 4 is 5.95 Å². The van der Waals surface area contributed by atoms with Crippen LogP contribution in [0, 0.1) is 0 Å². The number of anilines is 1. The van der Waals surface area contributed by atoms with Crippen molar-refractivity contribution in [2.24, 2.45) is 0 Å². The highest BCUT2D eigenvalue weighted by atomic mass is 15.1. The highest BCUT2D eigenvalue weighted by molar-refractivity contribution is 5.70. The van der Waals surface area contributed by atoms with Gasteiger partial charge in [-0.3, -0.25) is 0 Å². The number of nitrogens with two attached hydrogens (primary N) is 1. The molecule has 2 aromatic rings. The second-order valence-corrected chi connectivity index (χ2v) is 4.20. The van der Waals surface area contributed by atoms with Gasteiger partial charge >= 0.3 is 0 Å². The standard InChI is InChI=1S/C12H15N5.2C2H6/c1-3-9-15-8-5-7-6-14-12(13)16-10(7)11(8)17(9)4-2;2*1-2/h6H,3-5H2,1-2H3,(H2,13,14,16);2*1-2H3. The molecule has 0 saturated heterocycles. The van der Waals surface area contributed by atoms with Gasteiger partial charge in [0.2, 0.25) is 5.95 Å². The average molecular weight is 289 g/mol. The van der Waals surface area contributed by atoms with Crippen LogP contribution >= 0.6 is 0 Å². The van der Waals surface area contributed by atoms with Gasteiger partial charge in [0, 0.05) is 31.1 Å². The molecule has 0 unspecified atom stereocenters. The van der Waals surface area contributed by atoms with Crippen LogP contribution in [-0.2, 0) is 19.4 Å². The van der Waals surface area contributed by atoms with Gasteiger partial charge in [-0.05, 0) is 6.92 Å². The molecule has 0 atom stereocenters. The van der Waals surface area contributed by atoms with Crippen molar-refractivity contribution in [3.63, 3.8) is 0 Å². The maximum absolute atomic E-state index is 5.67. The van der Waals surface area contributed by atoms with E-state index in [-0.39, 0.29) is 0 Å². The molecule has 1 aliphatic rings. The second kappa shape index (κ2) is 7.76. The predicted molar refractivity (Wildman–Crippen MR) is 88.2 cm³/mol. The molecule has 0 radical (unpaired) electrons. The summed E-state index contributed by atoms with van der Waals surface area (Å²) < 4.78 is 2.23. The molecule has 0 spiro atoms. The van der Waals surface area contributed by atoms with Gasteiger partial charge in [-0.25, -0.2) is 15.0 Å². The summed E-state index contributed by atoms with van der Waals surface area (Å²) in [5.74, 6) is 1.46. The number of aryl methyl sites for hydroxylation is 1. The lowest BCUT2D eigenvalue weighted by molar-refractivity contribution is 0.709. The highest BCUT2D eigenvalue weighted by Crippen LogP contribution is 2.35. The monoisotopic (exact) mass is 289 g/mol. The average Bonchev–Trinajstić information content (AvgIpc) is 3.06. The van der Waals surface area contributed by atoms with Crippen LogP contribution in [0.1, 0.15) is 58.6 Å². The molecular weight excluding hydrogens is 262 g/mol. The molecule has 1 aliphatic carbocycles. The summed E-state index contributed by atoms with van der Waals surface area (Å²) >= 11 is 0. The Morgan fingerprint density at radius 3 is 2.38 bits per heavy atom. The minimum atomic E-state index is 0.332. The molecule has 2 N–H and O–H groups in total. The summed E-state index contributed by atoms with van der Waals surface area (Å²) in [6.45, 7) is 13.2. The van der Waals surface area contributed by atoms with Gasteiger partial charge in [-0.2, -0.15) is 0 Å². The summed E-state index contributed by atoms with van der Waals surface area (Å²) in [5.41, 5.74) is 10.00. The van der Waals surface area contributed by atoms with Crippen LogP contribution in [0.15, 0.2) is 6.20 Å². The fraction of sp³-hybridized carbons (Fsp3) is 0.562. The zero-order valence-electron chi connectivity index (χ0n) is 14.1. The Bertz CT molecular complexity index is 587. The van der Waals surface area contributed by atoms with E-state index < -0.39 is 0 Å². The van der Waals surface area contributed by atoms with Gasteiger partial charge < -0.3 is 10.3 Å². The van der Waals surface area contributed by atoms with Crippen molar-refractivity contribution < 1.29 is 0 Å². The van der Waals surface area contributed by atoms with E-state index >= 15 is 0 Å². The second-order valence-electron chi connectivity index (χ2n) is 4.20. The molecular formula is C16H27N5. The van der Waals surface area contributed by atoms with E-state index in [9.17, 15) is 0 Å². The number of nitrogens with zero attached hydrogens (tertiary/aromatic N) is 4. The molecule has 2 aromatic heterocycles. The molecule has 0 bridgehead atoms.